The maximum Gasteiger partial charge on any atom is 0.225 e. The van der Waals surface area contributed by atoms with Gasteiger partial charge >= 0.3 is 0 Å². The molecule has 1 fully saturated rings. The topological polar surface area (TPSA) is 50.1 Å². The highest BCUT2D eigenvalue weighted by Gasteiger charge is 2.19. The average Bonchev–Trinajstić information content (AvgIpc) is 2.97. The Morgan fingerprint density at radius 1 is 0.963 bits per heavy atom. The van der Waals surface area contributed by atoms with E-state index >= 15 is 0 Å². The van der Waals surface area contributed by atoms with Gasteiger partial charge in [-0.05, 0) is 32.0 Å². The van der Waals surface area contributed by atoms with Gasteiger partial charge < -0.3 is 9.47 Å². The zero-order chi connectivity index (χ0) is 18.8. The molecule has 0 amide bonds. The smallest absolute Gasteiger partial charge is 0.225 e. The fourth-order valence-electron chi connectivity index (χ4n) is 3.60. The lowest BCUT2D eigenvalue weighted by molar-refractivity contribution is 0.249. The Labute approximate surface area is 156 Å². The van der Waals surface area contributed by atoms with Crippen molar-refractivity contribution in [2.45, 2.75) is 19.9 Å². The van der Waals surface area contributed by atoms with Gasteiger partial charge in [-0.1, -0.05) is 0 Å². The van der Waals surface area contributed by atoms with Crippen molar-refractivity contribution in [2.75, 3.05) is 37.6 Å². The van der Waals surface area contributed by atoms with Crippen molar-refractivity contribution in [3.05, 3.63) is 48.1 Å². The summed E-state index contributed by atoms with van der Waals surface area (Å²) in [6, 6.07) is 4.76. The van der Waals surface area contributed by atoms with Crippen LogP contribution in [0.1, 0.15) is 12.2 Å². The number of benzene rings is 1. The molecule has 0 aliphatic carbocycles. The molecular formula is C19H22F2N6. The van der Waals surface area contributed by atoms with Crippen molar-refractivity contribution in [1.82, 2.24) is 24.4 Å². The number of fused-ring (bicyclic) bond motifs is 1. The molecule has 0 bridgehead atoms. The van der Waals surface area contributed by atoms with Crippen LogP contribution in [0.25, 0.3) is 11.0 Å². The zero-order valence-electron chi connectivity index (χ0n) is 15.3. The summed E-state index contributed by atoms with van der Waals surface area (Å²) < 4.78 is 28.4. The number of aromatic nitrogens is 4. The number of nitrogens with zero attached hydrogens (tertiary/aromatic N) is 6. The molecule has 27 heavy (non-hydrogen) atoms. The first-order valence-electron chi connectivity index (χ1n) is 9.17. The highest BCUT2D eigenvalue weighted by atomic mass is 19.1. The second kappa shape index (κ2) is 7.56. The van der Waals surface area contributed by atoms with Crippen molar-refractivity contribution in [3.63, 3.8) is 0 Å². The summed E-state index contributed by atoms with van der Waals surface area (Å²) in [5, 5.41) is 0. The number of imidazole rings is 1. The predicted octanol–water partition coefficient (Wildman–Crippen LogP) is 2.63. The Balaban J connectivity index is 1.29. The highest BCUT2D eigenvalue weighted by Crippen LogP contribution is 2.18. The first-order chi connectivity index (χ1) is 13.1. The van der Waals surface area contributed by atoms with E-state index in [9.17, 15) is 8.78 Å². The monoisotopic (exact) mass is 372 g/mol. The van der Waals surface area contributed by atoms with Gasteiger partial charge in [-0.2, -0.15) is 0 Å². The molecule has 6 nitrogen and oxygen atoms in total. The van der Waals surface area contributed by atoms with E-state index in [1.165, 1.54) is 24.5 Å². The Morgan fingerprint density at radius 2 is 1.70 bits per heavy atom. The molecule has 142 valence electrons. The third-order valence-corrected chi connectivity index (χ3v) is 5.02. The Hall–Kier alpha value is -2.61. The van der Waals surface area contributed by atoms with E-state index in [0.29, 0.717) is 11.5 Å². The van der Waals surface area contributed by atoms with Gasteiger partial charge in [0.2, 0.25) is 5.95 Å². The maximum atomic E-state index is 13.4. The van der Waals surface area contributed by atoms with E-state index in [2.05, 4.69) is 29.3 Å². The number of hydrogen-bond acceptors (Lipinski definition) is 5. The molecular weight excluding hydrogens is 350 g/mol. The fraction of sp³-hybridized carbons (Fsp3) is 0.421. The van der Waals surface area contributed by atoms with E-state index in [0.717, 1.165) is 57.0 Å². The normalized spacial score (nSPS) is 15.6. The molecule has 3 heterocycles. The van der Waals surface area contributed by atoms with Gasteiger partial charge in [0.05, 0.1) is 23.4 Å². The van der Waals surface area contributed by atoms with E-state index in [1.807, 2.05) is 6.92 Å². The summed E-state index contributed by atoms with van der Waals surface area (Å²) in [5.41, 5.74) is 1.69. The molecule has 0 atom stereocenters. The van der Waals surface area contributed by atoms with Gasteiger partial charge in [0.15, 0.2) is 5.82 Å². The number of piperazine rings is 1. The van der Waals surface area contributed by atoms with Gasteiger partial charge in [0.25, 0.3) is 0 Å². The van der Waals surface area contributed by atoms with Crippen LogP contribution in [-0.2, 0) is 6.54 Å². The Kier molecular flexibility index (Phi) is 4.98. The summed E-state index contributed by atoms with van der Waals surface area (Å²) >= 11 is 0. The number of aryl methyl sites for hydroxylation is 2. The van der Waals surface area contributed by atoms with Gasteiger partial charge in [-0.15, -0.1) is 0 Å². The van der Waals surface area contributed by atoms with Crippen molar-refractivity contribution in [3.8, 4) is 0 Å². The molecule has 3 aromatic rings. The number of anilines is 1. The molecule has 0 radical (unpaired) electrons. The lowest BCUT2D eigenvalue weighted by atomic mass is 10.2. The maximum absolute atomic E-state index is 13.4. The van der Waals surface area contributed by atoms with Gasteiger partial charge in [0, 0.05) is 38.8 Å². The van der Waals surface area contributed by atoms with E-state index in [1.54, 1.807) is 6.07 Å². The van der Waals surface area contributed by atoms with E-state index in [4.69, 9.17) is 0 Å². The molecule has 1 aliphatic heterocycles. The summed E-state index contributed by atoms with van der Waals surface area (Å²) in [4.78, 5) is 17.0. The SMILES string of the molecule is Cc1nc2cc(F)ccc2n1CCCN1CCN(c2ncc(F)cn2)CC1. The van der Waals surface area contributed by atoms with Crippen LogP contribution in [0, 0.1) is 18.6 Å². The van der Waals surface area contributed by atoms with Crippen molar-refractivity contribution in [2.24, 2.45) is 0 Å². The molecule has 2 aromatic heterocycles. The van der Waals surface area contributed by atoms with Crippen LogP contribution < -0.4 is 4.90 Å². The van der Waals surface area contributed by atoms with Crippen molar-refractivity contribution in [1.29, 1.82) is 0 Å². The zero-order valence-corrected chi connectivity index (χ0v) is 15.3. The lowest BCUT2D eigenvalue weighted by Crippen LogP contribution is -2.47. The molecule has 1 saturated heterocycles. The second-order valence-electron chi connectivity index (χ2n) is 6.83. The van der Waals surface area contributed by atoms with Gasteiger partial charge in [0.1, 0.15) is 11.6 Å². The van der Waals surface area contributed by atoms with Gasteiger partial charge in [-0.25, -0.2) is 23.7 Å². The average molecular weight is 372 g/mol. The number of rotatable bonds is 5. The van der Waals surface area contributed by atoms with Crippen LogP contribution in [0.4, 0.5) is 14.7 Å². The minimum Gasteiger partial charge on any atom is -0.338 e. The number of halogens is 2. The molecule has 8 heteroatoms. The quantitative estimate of drug-likeness (QED) is 0.689. The second-order valence-corrected chi connectivity index (χ2v) is 6.83. The Morgan fingerprint density at radius 3 is 2.44 bits per heavy atom. The third-order valence-electron chi connectivity index (χ3n) is 5.02. The molecule has 1 aliphatic rings. The summed E-state index contributed by atoms with van der Waals surface area (Å²) in [6.45, 7) is 7.31. The predicted molar refractivity (Wildman–Crippen MR) is 99.7 cm³/mol. The summed E-state index contributed by atoms with van der Waals surface area (Å²) in [5.74, 6) is 0.829. The standard InChI is InChI=1S/C19H22F2N6/c1-14-24-17-11-15(20)3-4-18(17)27(14)6-2-5-25-7-9-26(10-8-25)19-22-12-16(21)13-23-19/h3-4,11-13H,2,5-10H2,1H3. The van der Waals surface area contributed by atoms with Crippen LogP contribution in [0.15, 0.2) is 30.6 Å². The third kappa shape index (κ3) is 3.90. The van der Waals surface area contributed by atoms with Crippen molar-refractivity contribution >= 4 is 17.0 Å². The Bertz CT molecular complexity index is 916. The van der Waals surface area contributed by atoms with Crippen LogP contribution in [0.5, 0.6) is 0 Å². The minimum atomic E-state index is -0.414. The highest BCUT2D eigenvalue weighted by molar-refractivity contribution is 5.76. The van der Waals surface area contributed by atoms with Gasteiger partial charge in [-0.3, -0.25) is 4.90 Å². The van der Waals surface area contributed by atoms with Crippen LogP contribution in [-0.4, -0.2) is 57.1 Å². The first kappa shape index (κ1) is 17.8. The van der Waals surface area contributed by atoms with Crippen LogP contribution >= 0.6 is 0 Å². The summed E-state index contributed by atoms with van der Waals surface area (Å²) in [6.07, 6.45) is 3.41. The summed E-state index contributed by atoms with van der Waals surface area (Å²) in [7, 11) is 0. The fourth-order valence-corrected chi connectivity index (χ4v) is 3.60. The molecule has 1 aromatic carbocycles. The van der Waals surface area contributed by atoms with E-state index < -0.39 is 5.82 Å². The molecule has 0 saturated carbocycles. The largest absolute Gasteiger partial charge is 0.338 e. The van der Waals surface area contributed by atoms with E-state index in [-0.39, 0.29) is 5.82 Å². The molecule has 0 N–H and O–H groups in total. The number of hydrogen-bond donors (Lipinski definition) is 0. The first-order valence-corrected chi connectivity index (χ1v) is 9.17. The van der Waals surface area contributed by atoms with Crippen molar-refractivity contribution < 1.29 is 8.78 Å². The molecule has 4 rings (SSSR count). The lowest BCUT2D eigenvalue weighted by Gasteiger charge is -2.34. The van der Waals surface area contributed by atoms with Crippen LogP contribution in [0.2, 0.25) is 0 Å². The minimum absolute atomic E-state index is 0.254. The molecule has 0 spiro atoms. The molecule has 0 unspecified atom stereocenters. The van der Waals surface area contributed by atoms with Crippen LogP contribution in [0.3, 0.4) is 0 Å².